The van der Waals surface area contributed by atoms with E-state index in [9.17, 15) is 18.0 Å². The first-order valence-electron chi connectivity index (χ1n) is 11.1. The van der Waals surface area contributed by atoms with E-state index >= 15 is 0 Å². The lowest BCUT2D eigenvalue weighted by Gasteiger charge is -2.30. The second-order valence-corrected chi connectivity index (χ2v) is 8.51. The molecule has 9 heteroatoms. The predicted octanol–water partition coefficient (Wildman–Crippen LogP) is 4.20. The van der Waals surface area contributed by atoms with Crippen molar-refractivity contribution in [3.8, 4) is 0 Å². The highest BCUT2D eigenvalue weighted by Crippen LogP contribution is 2.30. The summed E-state index contributed by atoms with van der Waals surface area (Å²) in [6.07, 6.45) is -0.617. The summed E-state index contributed by atoms with van der Waals surface area (Å²) in [4.78, 5) is 23.9. The van der Waals surface area contributed by atoms with Crippen LogP contribution in [0.25, 0.3) is 10.9 Å². The maximum Gasteiger partial charge on any atom is 0.490 e. The maximum atomic E-state index is 13.0. The van der Waals surface area contributed by atoms with E-state index in [0.29, 0.717) is 0 Å². The Morgan fingerprint density at radius 3 is 2.47 bits per heavy atom. The number of aryl methyl sites for hydroxylation is 1. The molecule has 0 saturated carbocycles. The third kappa shape index (κ3) is 5.26. The molecule has 2 N–H and O–H groups in total. The quantitative estimate of drug-likeness (QED) is 0.731. The maximum absolute atomic E-state index is 13.0. The number of likely N-dealkylation sites (tertiary alicyclic amines) is 1. The highest BCUT2D eigenvalue weighted by atomic mass is 19.4. The molecule has 2 aromatic rings. The number of hydrogen-bond donors (Lipinski definition) is 2. The van der Waals surface area contributed by atoms with Crippen LogP contribution in [0.3, 0.4) is 0 Å². The molecule has 0 bridgehead atoms. The fraction of sp³-hybridized carbons (Fsp3) is 0.565. The Morgan fingerprint density at radius 1 is 1.22 bits per heavy atom. The minimum atomic E-state index is -5.08. The van der Waals surface area contributed by atoms with Crippen molar-refractivity contribution in [3.05, 3.63) is 35.0 Å². The summed E-state index contributed by atoms with van der Waals surface area (Å²) in [7, 11) is 0. The zero-order valence-corrected chi connectivity index (χ0v) is 18.5. The smallest absolute Gasteiger partial charge is 0.475 e. The Hall–Kier alpha value is -2.55. The van der Waals surface area contributed by atoms with E-state index in [1.807, 2.05) is 11.0 Å². The lowest BCUT2D eigenvalue weighted by molar-refractivity contribution is -0.192. The van der Waals surface area contributed by atoms with Crippen molar-refractivity contribution in [1.29, 1.82) is 0 Å². The number of carbonyl (C=O) groups excluding carboxylic acids is 1. The van der Waals surface area contributed by atoms with E-state index < -0.39 is 12.1 Å². The second kappa shape index (κ2) is 9.94. The van der Waals surface area contributed by atoms with Crippen LogP contribution in [-0.4, -0.2) is 52.3 Å². The summed E-state index contributed by atoms with van der Waals surface area (Å²) in [6, 6.07) is 6.35. The number of carbonyl (C=O) groups is 2. The Labute approximate surface area is 185 Å². The summed E-state index contributed by atoms with van der Waals surface area (Å²) >= 11 is 0. The molecule has 0 radical (unpaired) electrons. The molecule has 2 aliphatic rings. The fourth-order valence-electron chi connectivity index (χ4n) is 4.39. The number of rotatable bonds is 3. The third-order valence-corrected chi connectivity index (χ3v) is 6.13. The normalized spacial score (nSPS) is 17.0. The Balaban J connectivity index is 0.000000360. The van der Waals surface area contributed by atoms with E-state index in [0.717, 1.165) is 69.9 Å². The van der Waals surface area contributed by atoms with E-state index in [-0.39, 0.29) is 5.91 Å². The molecule has 0 spiro atoms. The summed E-state index contributed by atoms with van der Waals surface area (Å²) in [5, 5.41) is 11.9. The van der Waals surface area contributed by atoms with E-state index in [1.165, 1.54) is 22.2 Å². The van der Waals surface area contributed by atoms with Crippen LogP contribution < -0.4 is 5.32 Å². The number of alkyl halides is 3. The molecule has 0 aliphatic carbocycles. The minimum absolute atomic E-state index is 0.203. The number of nitrogens with zero attached hydrogens (tertiary/aromatic N) is 2. The van der Waals surface area contributed by atoms with Crippen LogP contribution >= 0.6 is 0 Å². The summed E-state index contributed by atoms with van der Waals surface area (Å²) in [5.41, 5.74) is 5.01. The molecular formula is C23H30F3N3O3. The number of aliphatic carboxylic acids is 1. The van der Waals surface area contributed by atoms with Crippen LogP contribution in [0.5, 0.6) is 0 Å². The average Bonchev–Trinajstić information content (AvgIpc) is 3.07. The summed E-state index contributed by atoms with van der Waals surface area (Å²) < 4.78 is 34.2. The van der Waals surface area contributed by atoms with Gasteiger partial charge in [0, 0.05) is 61.3 Å². The fourth-order valence-corrected chi connectivity index (χ4v) is 4.39. The molecule has 0 atom stereocenters. The lowest BCUT2D eigenvalue weighted by atomic mass is 9.98. The van der Waals surface area contributed by atoms with Gasteiger partial charge in [-0.05, 0) is 48.9 Å². The SMILES string of the molecule is CCCn1c2c(c3cc(C(=O)N4CCC(C)CC4)ccc31)CNCC2.O=C(O)C(F)(F)F. The van der Waals surface area contributed by atoms with Gasteiger partial charge in [-0.1, -0.05) is 13.8 Å². The monoisotopic (exact) mass is 453 g/mol. The van der Waals surface area contributed by atoms with Gasteiger partial charge < -0.3 is 19.9 Å². The number of hydrogen-bond acceptors (Lipinski definition) is 3. The number of aromatic nitrogens is 1. The number of amides is 1. The van der Waals surface area contributed by atoms with Crippen LogP contribution in [-0.2, 0) is 24.3 Å². The van der Waals surface area contributed by atoms with Gasteiger partial charge in [0.2, 0.25) is 0 Å². The largest absolute Gasteiger partial charge is 0.490 e. The number of fused-ring (bicyclic) bond motifs is 3. The molecule has 4 rings (SSSR count). The molecule has 3 heterocycles. The molecule has 2 aliphatic heterocycles. The number of halogens is 3. The topological polar surface area (TPSA) is 74.6 Å². The highest BCUT2D eigenvalue weighted by molar-refractivity contribution is 5.99. The first-order chi connectivity index (χ1) is 15.1. The van der Waals surface area contributed by atoms with Gasteiger partial charge in [-0.2, -0.15) is 13.2 Å². The number of carboxylic acid groups (broad SMARTS) is 1. The molecule has 1 fully saturated rings. The number of nitrogens with one attached hydrogen (secondary N) is 1. The first-order valence-corrected chi connectivity index (χ1v) is 11.1. The van der Waals surface area contributed by atoms with E-state index in [4.69, 9.17) is 9.90 Å². The molecule has 176 valence electrons. The Bertz CT molecular complexity index is 976. The van der Waals surface area contributed by atoms with Gasteiger partial charge in [-0.15, -0.1) is 0 Å². The van der Waals surface area contributed by atoms with Crippen molar-refractivity contribution in [3.63, 3.8) is 0 Å². The molecule has 1 aromatic carbocycles. The highest BCUT2D eigenvalue weighted by Gasteiger charge is 2.38. The molecular weight excluding hydrogens is 423 g/mol. The van der Waals surface area contributed by atoms with Crippen molar-refractivity contribution in [2.24, 2.45) is 5.92 Å². The molecule has 1 saturated heterocycles. The molecule has 6 nitrogen and oxygen atoms in total. The number of piperidine rings is 1. The predicted molar refractivity (Wildman–Crippen MR) is 116 cm³/mol. The lowest BCUT2D eigenvalue weighted by Crippen LogP contribution is -2.37. The zero-order valence-electron chi connectivity index (χ0n) is 18.5. The molecule has 0 unspecified atom stereocenters. The van der Waals surface area contributed by atoms with E-state index in [2.05, 4.69) is 35.9 Å². The molecule has 1 amide bonds. The van der Waals surface area contributed by atoms with Gasteiger partial charge in [0.15, 0.2) is 0 Å². The van der Waals surface area contributed by atoms with Crippen LogP contribution in [0, 0.1) is 5.92 Å². The van der Waals surface area contributed by atoms with Gasteiger partial charge in [0.25, 0.3) is 5.91 Å². The number of benzene rings is 1. The van der Waals surface area contributed by atoms with Crippen molar-refractivity contribution in [1.82, 2.24) is 14.8 Å². The van der Waals surface area contributed by atoms with Gasteiger partial charge in [0.1, 0.15) is 0 Å². The summed E-state index contributed by atoms with van der Waals surface area (Å²) in [5.74, 6) is -1.81. The minimum Gasteiger partial charge on any atom is -0.475 e. The van der Waals surface area contributed by atoms with Crippen molar-refractivity contribution in [2.45, 2.75) is 58.8 Å². The first kappa shape index (κ1) is 24.1. The van der Waals surface area contributed by atoms with Crippen molar-refractivity contribution >= 4 is 22.8 Å². The van der Waals surface area contributed by atoms with Crippen LogP contribution in [0.2, 0.25) is 0 Å². The van der Waals surface area contributed by atoms with Crippen LogP contribution in [0.1, 0.15) is 54.7 Å². The van der Waals surface area contributed by atoms with Gasteiger partial charge in [-0.3, -0.25) is 4.79 Å². The van der Waals surface area contributed by atoms with Crippen LogP contribution in [0.15, 0.2) is 18.2 Å². The second-order valence-electron chi connectivity index (χ2n) is 8.51. The Morgan fingerprint density at radius 2 is 1.88 bits per heavy atom. The van der Waals surface area contributed by atoms with Crippen molar-refractivity contribution < 1.29 is 27.9 Å². The van der Waals surface area contributed by atoms with E-state index in [1.54, 1.807) is 0 Å². The number of carboxylic acids is 1. The molecule has 1 aromatic heterocycles. The van der Waals surface area contributed by atoms with Gasteiger partial charge in [0.05, 0.1) is 0 Å². The zero-order chi connectivity index (χ0) is 23.5. The standard InChI is InChI=1S/C21H29N3O.C2HF3O2/c1-3-10-24-19-5-4-16(21(25)23-11-7-15(2)8-12-23)13-17(19)18-14-22-9-6-20(18)24;3-2(4,5)1(6)7/h4-5,13,15,22H,3,6-12,14H2,1-2H3;(H,6,7). The average molecular weight is 454 g/mol. The summed E-state index contributed by atoms with van der Waals surface area (Å²) in [6.45, 7) is 9.33. The van der Waals surface area contributed by atoms with Crippen LogP contribution in [0.4, 0.5) is 13.2 Å². The third-order valence-electron chi connectivity index (χ3n) is 6.13. The van der Waals surface area contributed by atoms with Gasteiger partial charge in [-0.25, -0.2) is 4.79 Å². The van der Waals surface area contributed by atoms with Crippen molar-refractivity contribution in [2.75, 3.05) is 19.6 Å². The Kier molecular flexibility index (Phi) is 7.48. The molecule has 32 heavy (non-hydrogen) atoms. The van der Waals surface area contributed by atoms with Gasteiger partial charge >= 0.3 is 12.1 Å².